The molecule has 0 bridgehead atoms. The van der Waals surface area contributed by atoms with Crippen LogP contribution in [0.5, 0.6) is 5.75 Å². The van der Waals surface area contributed by atoms with Gasteiger partial charge in [-0.25, -0.2) is 9.97 Å². The molecule has 0 unspecified atom stereocenters. The quantitative estimate of drug-likeness (QED) is 0.691. The lowest BCUT2D eigenvalue weighted by atomic mass is 10.1. The van der Waals surface area contributed by atoms with Gasteiger partial charge in [0.1, 0.15) is 17.9 Å². The highest BCUT2D eigenvalue weighted by Gasteiger charge is 2.21. The number of ether oxygens (including phenoxy) is 1. The first-order valence-electron chi connectivity index (χ1n) is 9.65. The number of aryl methyl sites for hydroxylation is 3. The van der Waals surface area contributed by atoms with E-state index < -0.39 is 0 Å². The van der Waals surface area contributed by atoms with E-state index in [2.05, 4.69) is 14.9 Å². The van der Waals surface area contributed by atoms with Crippen molar-refractivity contribution in [3.05, 3.63) is 46.4 Å². The van der Waals surface area contributed by atoms with E-state index in [-0.39, 0.29) is 5.91 Å². The van der Waals surface area contributed by atoms with Gasteiger partial charge in [-0.15, -0.1) is 0 Å². The summed E-state index contributed by atoms with van der Waals surface area (Å²) >= 11 is 6.18. The van der Waals surface area contributed by atoms with Crippen LogP contribution in [-0.2, 0) is 4.79 Å². The number of hydrogen-bond donors (Lipinski definition) is 0. The lowest BCUT2D eigenvalue weighted by Crippen LogP contribution is -2.49. The summed E-state index contributed by atoms with van der Waals surface area (Å²) in [4.78, 5) is 25.1. The van der Waals surface area contributed by atoms with Crippen molar-refractivity contribution in [1.82, 2.24) is 14.9 Å². The molecule has 28 heavy (non-hydrogen) atoms. The summed E-state index contributed by atoms with van der Waals surface area (Å²) in [6, 6.07) is 5.85. The van der Waals surface area contributed by atoms with Crippen LogP contribution in [-0.4, -0.2) is 53.6 Å². The summed E-state index contributed by atoms with van der Waals surface area (Å²) in [5.74, 6) is 1.92. The smallest absolute Gasteiger partial charge is 0.222 e. The van der Waals surface area contributed by atoms with E-state index >= 15 is 0 Å². The van der Waals surface area contributed by atoms with Crippen molar-refractivity contribution >= 4 is 23.3 Å². The van der Waals surface area contributed by atoms with Gasteiger partial charge in [0.15, 0.2) is 0 Å². The van der Waals surface area contributed by atoms with E-state index in [0.717, 1.165) is 59.6 Å². The topological polar surface area (TPSA) is 58.6 Å². The van der Waals surface area contributed by atoms with Gasteiger partial charge in [-0.2, -0.15) is 0 Å². The van der Waals surface area contributed by atoms with E-state index in [9.17, 15) is 4.79 Å². The van der Waals surface area contributed by atoms with Gasteiger partial charge in [-0.05, 0) is 50.5 Å². The molecule has 7 heteroatoms. The van der Waals surface area contributed by atoms with Crippen molar-refractivity contribution in [3.8, 4) is 5.75 Å². The molecule has 6 nitrogen and oxygen atoms in total. The molecule has 1 aliphatic rings. The van der Waals surface area contributed by atoms with Crippen LogP contribution in [0, 0.1) is 20.8 Å². The van der Waals surface area contributed by atoms with Crippen LogP contribution in [0.2, 0.25) is 5.02 Å². The molecular formula is C21H27ClN4O2. The van der Waals surface area contributed by atoms with E-state index in [1.807, 2.05) is 43.9 Å². The monoisotopic (exact) mass is 402 g/mol. The second-order valence-corrected chi connectivity index (χ2v) is 7.59. The van der Waals surface area contributed by atoms with Crippen molar-refractivity contribution in [2.45, 2.75) is 33.6 Å². The van der Waals surface area contributed by atoms with Crippen molar-refractivity contribution in [2.75, 3.05) is 37.7 Å². The molecule has 1 amide bonds. The number of benzene rings is 1. The van der Waals surface area contributed by atoms with Crippen molar-refractivity contribution in [1.29, 1.82) is 0 Å². The highest BCUT2D eigenvalue weighted by atomic mass is 35.5. The van der Waals surface area contributed by atoms with Gasteiger partial charge in [-0.3, -0.25) is 4.79 Å². The van der Waals surface area contributed by atoms with Gasteiger partial charge in [-0.1, -0.05) is 11.6 Å². The standard InChI is InChI=1S/C21H27ClN4O2/c1-15-11-18(12-16(2)21(15)22)28-10-4-5-20(27)26-8-6-25(7-9-26)19-13-17(3)23-14-24-19/h11-14H,4-10H2,1-3H3. The Morgan fingerprint density at radius 3 is 2.39 bits per heavy atom. The zero-order valence-electron chi connectivity index (χ0n) is 16.7. The predicted molar refractivity (Wildman–Crippen MR) is 111 cm³/mol. The van der Waals surface area contributed by atoms with Gasteiger partial charge in [0, 0.05) is 49.4 Å². The SMILES string of the molecule is Cc1cc(N2CCN(C(=O)CCCOc3cc(C)c(Cl)c(C)c3)CC2)ncn1. The Morgan fingerprint density at radius 2 is 1.75 bits per heavy atom. The van der Waals surface area contributed by atoms with Crippen LogP contribution in [0.1, 0.15) is 29.7 Å². The summed E-state index contributed by atoms with van der Waals surface area (Å²) in [6.45, 7) is 9.44. The van der Waals surface area contributed by atoms with Crippen LogP contribution in [0.25, 0.3) is 0 Å². The maximum Gasteiger partial charge on any atom is 0.222 e. The predicted octanol–water partition coefficient (Wildman–Crippen LogP) is 3.56. The minimum atomic E-state index is 0.186. The molecule has 1 aromatic carbocycles. The van der Waals surface area contributed by atoms with Gasteiger partial charge in [0.05, 0.1) is 6.61 Å². The third-order valence-electron chi connectivity index (χ3n) is 4.96. The maximum atomic E-state index is 12.5. The molecule has 0 saturated carbocycles. The number of aromatic nitrogens is 2. The molecule has 2 aromatic rings. The molecule has 1 fully saturated rings. The third kappa shape index (κ3) is 5.13. The highest BCUT2D eigenvalue weighted by Crippen LogP contribution is 2.26. The Labute approximate surface area is 171 Å². The first kappa shape index (κ1) is 20.4. The molecule has 1 aliphatic heterocycles. The molecule has 2 heterocycles. The van der Waals surface area contributed by atoms with Crippen molar-refractivity contribution < 1.29 is 9.53 Å². The number of rotatable bonds is 6. The van der Waals surface area contributed by atoms with Crippen LogP contribution >= 0.6 is 11.6 Å². The Kier molecular flexibility index (Phi) is 6.73. The first-order valence-corrected chi connectivity index (χ1v) is 10.0. The number of piperazine rings is 1. The zero-order chi connectivity index (χ0) is 20.1. The molecule has 150 valence electrons. The fraction of sp³-hybridized carbons (Fsp3) is 0.476. The molecule has 1 saturated heterocycles. The molecule has 0 radical (unpaired) electrons. The van der Waals surface area contributed by atoms with E-state index in [1.165, 1.54) is 0 Å². The fourth-order valence-corrected chi connectivity index (χ4v) is 3.47. The molecule has 0 atom stereocenters. The average Bonchev–Trinajstić information content (AvgIpc) is 2.69. The minimum Gasteiger partial charge on any atom is -0.494 e. The summed E-state index contributed by atoms with van der Waals surface area (Å²) in [7, 11) is 0. The third-order valence-corrected chi connectivity index (χ3v) is 5.56. The van der Waals surface area contributed by atoms with Gasteiger partial charge in [0.25, 0.3) is 0 Å². The number of hydrogen-bond acceptors (Lipinski definition) is 5. The summed E-state index contributed by atoms with van der Waals surface area (Å²) in [5, 5.41) is 0.777. The number of halogens is 1. The number of carbonyl (C=O) groups excluding carboxylic acids is 1. The number of carbonyl (C=O) groups is 1. The lowest BCUT2D eigenvalue weighted by Gasteiger charge is -2.35. The summed E-state index contributed by atoms with van der Waals surface area (Å²) < 4.78 is 5.79. The Hall–Kier alpha value is -2.34. The van der Waals surface area contributed by atoms with Crippen LogP contribution in [0.15, 0.2) is 24.5 Å². The normalized spacial score (nSPS) is 14.3. The Balaban J connectivity index is 1.40. The molecular weight excluding hydrogens is 376 g/mol. The van der Waals surface area contributed by atoms with Crippen molar-refractivity contribution in [2.24, 2.45) is 0 Å². The summed E-state index contributed by atoms with van der Waals surface area (Å²) in [5.41, 5.74) is 2.96. The van der Waals surface area contributed by atoms with Crippen molar-refractivity contribution in [3.63, 3.8) is 0 Å². The molecule has 0 N–H and O–H groups in total. The number of anilines is 1. The maximum absolute atomic E-state index is 12.5. The minimum absolute atomic E-state index is 0.186. The second kappa shape index (κ2) is 9.24. The van der Waals surface area contributed by atoms with Crippen LogP contribution < -0.4 is 9.64 Å². The average molecular weight is 403 g/mol. The highest BCUT2D eigenvalue weighted by molar-refractivity contribution is 6.32. The number of nitrogens with zero attached hydrogens (tertiary/aromatic N) is 4. The van der Waals surface area contributed by atoms with Gasteiger partial charge >= 0.3 is 0 Å². The van der Waals surface area contributed by atoms with Crippen LogP contribution in [0.4, 0.5) is 5.82 Å². The molecule has 0 aliphatic carbocycles. The first-order chi connectivity index (χ1) is 13.4. The second-order valence-electron chi connectivity index (χ2n) is 7.21. The fourth-order valence-electron chi connectivity index (χ4n) is 3.36. The van der Waals surface area contributed by atoms with E-state index in [4.69, 9.17) is 16.3 Å². The number of amides is 1. The molecule has 1 aromatic heterocycles. The zero-order valence-corrected chi connectivity index (χ0v) is 17.5. The lowest BCUT2D eigenvalue weighted by molar-refractivity contribution is -0.131. The van der Waals surface area contributed by atoms with Crippen LogP contribution in [0.3, 0.4) is 0 Å². The summed E-state index contributed by atoms with van der Waals surface area (Å²) in [6.07, 6.45) is 2.79. The molecule has 3 rings (SSSR count). The van der Waals surface area contributed by atoms with Gasteiger partial charge in [0.2, 0.25) is 5.91 Å². The Morgan fingerprint density at radius 1 is 1.07 bits per heavy atom. The van der Waals surface area contributed by atoms with Gasteiger partial charge < -0.3 is 14.5 Å². The molecule has 0 spiro atoms. The largest absolute Gasteiger partial charge is 0.494 e. The van der Waals surface area contributed by atoms with E-state index in [0.29, 0.717) is 19.4 Å². The van der Waals surface area contributed by atoms with E-state index in [1.54, 1.807) is 6.33 Å². The Bertz CT molecular complexity index is 812.